The molecule has 0 atom stereocenters. The van der Waals surface area contributed by atoms with Gasteiger partial charge in [-0.25, -0.2) is 0 Å². The third-order valence-corrected chi connectivity index (χ3v) is 10.8. The predicted octanol–water partition coefficient (Wildman–Crippen LogP) is 8.29. The van der Waals surface area contributed by atoms with Crippen LogP contribution in [0.25, 0.3) is 15.7 Å². The maximum atomic E-state index is 13.3. The van der Waals surface area contributed by atoms with Crippen molar-refractivity contribution >= 4 is 26.6 Å². The number of hydrogen-bond donors (Lipinski definition) is 3. The van der Waals surface area contributed by atoms with Crippen molar-refractivity contribution in [1.82, 2.24) is 0 Å². The van der Waals surface area contributed by atoms with Crippen molar-refractivity contribution in [3.8, 4) is 28.7 Å². The monoisotopic (exact) mass is 700 g/mol. The highest BCUT2D eigenvalue weighted by atomic mass is 32.2. The molecule has 0 saturated heterocycles. The van der Waals surface area contributed by atoms with Crippen molar-refractivity contribution in [2.24, 2.45) is 0 Å². The van der Waals surface area contributed by atoms with E-state index in [0.29, 0.717) is 19.3 Å². The molecule has 0 heterocycles. The fraction of sp³-hybridized carbons (Fsp3) is 0.171. The minimum atomic E-state index is -4.33. The highest BCUT2D eigenvalue weighted by molar-refractivity contribution is 7.87. The molecule has 0 aliphatic heterocycles. The van der Waals surface area contributed by atoms with Crippen LogP contribution >= 0.6 is 0 Å². The standard InChI is InChI=1S/C41H36N2O7S/c1-23-18-29(25(3)35(39(23)45)20-27-8-12-31(44)13-9-27)22-30-19-24(2)40(46)36(26(30)4)21-28-10-14-32(15-11-28)50-51(48,49)38-7-5-6-34-33(38)16-17-37(43-42)41(34)47/h5-19H,20-22H2,1-4H3,(H3-,44,45,46,47). The lowest BCUT2D eigenvalue weighted by atomic mass is 9.87. The number of fused-ring (bicyclic) bond motifs is 1. The van der Waals surface area contributed by atoms with Crippen LogP contribution in [-0.2, 0) is 29.4 Å². The van der Waals surface area contributed by atoms with E-state index in [2.05, 4.69) is 4.98 Å². The third kappa shape index (κ3) is 6.89. The van der Waals surface area contributed by atoms with Crippen LogP contribution in [0.2, 0.25) is 0 Å². The molecule has 3 N–H and O–H groups in total. The molecule has 51 heavy (non-hydrogen) atoms. The molecule has 0 fully saturated rings. The number of hydrogen-bond acceptors (Lipinski definition) is 8. The zero-order valence-corrected chi connectivity index (χ0v) is 29.4. The van der Waals surface area contributed by atoms with Gasteiger partial charge in [-0.1, -0.05) is 48.5 Å². The molecule has 0 unspecified atom stereocenters. The van der Waals surface area contributed by atoms with Crippen LogP contribution in [0.3, 0.4) is 0 Å². The summed E-state index contributed by atoms with van der Waals surface area (Å²) in [5.74, 6) is 0.108. The molecule has 0 aliphatic carbocycles. The molecule has 0 bridgehead atoms. The van der Waals surface area contributed by atoms with Crippen LogP contribution in [-0.4, -0.2) is 23.7 Å². The van der Waals surface area contributed by atoms with Crippen molar-refractivity contribution in [3.05, 3.63) is 152 Å². The molecular weight excluding hydrogens is 665 g/mol. The Balaban J connectivity index is 1.25. The summed E-state index contributed by atoms with van der Waals surface area (Å²) in [6.45, 7) is 7.72. The SMILES string of the molecule is Cc1cc(Cc2cc(C)c(O)c(Cc3ccc(OS(=O)(=O)c4cccc5c([O-])c([N+]#N)ccc45)cc3)c2C)c(C)c(Cc2ccc(O)cc2)c1O. The number of rotatable bonds is 9. The Morgan fingerprint density at radius 2 is 1.22 bits per heavy atom. The molecule has 0 saturated carbocycles. The van der Waals surface area contributed by atoms with E-state index in [1.807, 2.05) is 52.0 Å². The van der Waals surface area contributed by atoms with E-state index >= 15 is 0 Å². The van der Waals surface area contributed by atoms with Gasteiger partial charge in [-0.2, -0.15) is 8.42 Å². The Morgan fingerprint density at radius 3 is 1.75 bits per heavy atom. The summed E-state index contributed by atoms with van der Waals surface area (Å²) >= 11 is 0. The molecule has 0 amide bonds. The Kier molecular flexibility index (Phi) is 9.34. The van der Waals surface area contributed by atoms with E-state index in [1.165, 1.54) is 30.3 Å². The first-order chi connectivity index (χ1) is 24.3. The van der Waals surface area contributed by atoms with Gasteiger partial charge in [0.15, 0.2) is 4.98 Å². The second kappa shape index (κ2) is 13.7. The van der Waals surface area contributed by atoms with E-state index in [1.54, 1.807) is 36.4 Å². The van der Waals surface area contributed by atoms with E-state index in [-0.39, 0.29) is 44.4 Å². The third-order valence-electron chi connectivity index (χ3n) is 9.51. The van der Waals surface area contributed by atoms with Crippen LogP contribution in [0, 0.1) is 33.1 Å². The van der Waals surface area contributed by atoms with E-state index < -0.39 is 15.9 Å². The average molecular weight is 701 g/mol. The van der Waals surface area contributed by atoms with Crippen LogP contribution in [0.15, 0.2) is 95.9 Å². The van der Waals surface area contributed by atoms with Crippen LogP contribution in [0.5, 0.6) is 28.7 Å². The zero-order chi connectivity index (χ0) is 36.6. The lowest BCUT2D eigenvalue weighted by Crippen LogP contribution is -2.10. The maximum Gasteiger partial charge on any atom is 0.378 e. The van der Waals surface area contributed by atoms with Crippen LogP contribution in [0.1, 0.15) is 55.6 Å². The number of aryl methyl sites for hydroxylation is 2. The van der Waals surface area contributed by atoms with Crippen molar-refractivity contribution in [3.63, 3.8) is 0 Å². The number of benzene rings is 6. The Morgan fingerprint density at radius 1 is 0.686 bits per heavy atom. The predicted molar refractivity (Wildman–Crippen MR) is 194 cm³/mol. The molecule has 6 rings (SSSR count). The zero-order valence-electron chi connectivity index (χ0n) is 28.6. The Bertz CT molecular complexity index is 2470. The fourth-order valence-electron chi connectivity index (χ4n) is 6.54. The van der Waals surface area contributed by atoms with Crippen LogP contribution < -0.4 is 9.29 Å². The van der Waals surface area contributed by atoms with Gasteiger partial charge in [0.2, 0.25) is 5.39 Å². The molecule has 6 aromatic carbocycles. The highest BCUT2D eigenvalue weighted by Crippen LogP contribution is 2.38. The lowest BCUT2D eigenvalue weighted by Gasteiger charge is -2.20. The van der Waals surface area contributed by atoms with Gasteiger partial charge in [-0.15, -0.1) is 0 Å². The van der Waals surface area contributed by atoms with Gasteiger partial charge < -0.3 is 24.6 Å². The van der Waals surface area contributed by atoms with Gasteiger partial charge >= 0.3 is 15.8 Å². The highest BCUT2D eigenvalue weighted by Gasteiger charge is 2.23. The first-order valence-corrected chi connectivity index (χ1v) is 17.7. The minimum Gasteiger partial charge on any atom is -0.867 e. The quantitative estimate of drug-likeness (QED) is 0.101. The number of phenols is 3. The van der Waals surface area contributed by atoms with Gasteiger partial charge in [0.1, 0.15) is 27.9 Å². The number of phenolic OH excluding ortho intramolecular Hbond substituents is 3. The normalized spacial score (nSPS) is 11.4. The Labute approximate surface area is 296 Å². The summed E-state index contributed by atoms with van der Waals surface area (Å²) in [6.07, 6.45) is 1.47. The maximum absolute atomic E-state index is 13.3. The molecule has 0 aromatic heterocycles. The summed E-state index contributed by atoms with van der Waals surface area (Å²) in [7, 11) is -4.33. The van der Waals surface area contributed by atoms with Crippen molar-refractivity contribution < 1.29 is 33.0 Å². The number of nitrogens with zero attached hydrogens (tertiary/aromatic N) is 2. The Hall–Kier alpha value is -6.05. The van der Waals surface area contributed by atoms with Gasteiger partial charge in [-0.05, 0) is 126 Å². The van der Waals surface area contributed by atoms with E-state index in [0.717, 1.165) is 55.6 Å². The molecule has 0 aliphatic rings. The first kappa shape index (κ1) is 34.8. The smallest absolute Gasteiger partial charge is 0.378 e. The lowest BCUT2D eigenvalue weighted by molar-refractivity contribution is -0.264. The second-order valence-electron chi connectivity index (χ2n) is 12.9. The van der Waals surface area contributed by atoms with Crippen molar-refractivity contribution in [2.45, 2.75) is 51.9 Å². The molecule has 258 valence electrons. The average Bonchev–Trinajstić information content (AvgIpc) is 3.11. The molecule has 0 spiro atoms. The second-order valence-corrected chi connectivity index (χ2v) is 14.4. The fourth-order valence-corrected chi connectivity index (χ4v) is 7.69. The van der Waals surface area contributed by atoms with Gasteiger partial charge in [0.25, 0.3) is 0 Å². The van der Waals surface area contributed by atoms with E-state index in [9.17, 15) is 28.8 Å². The topological polar surface area (TPSA) is 155 Å². The number of aromatic hydroxyl groups is 3. The molecule has 6 aromatic rings. The van der Waals surface area contributed by atoms with Gasteiger partial charge in [0.05, 0.1) is 0 Å². The summed E-state index contributed by atoms with van der Waals surface area (Å²) in [5, 5.41) is 53.7. The number of diazo groups is 1. The van der Waals surface area contributed by atoms with Gasteiger partial charge in [-0.3, -0.25) is 0 Å². The molecule has 9 nitrogen and oxygen atoms in total. The molecule has 0 radical (unpaired) electrons. The summed E-state index contributed by atoms with van der Waals surface area (Å²) in [4.78, 5) is 2.77. The minimum absolute atomic E-state index is 0.0761. The summed E-state index contributed by atoms with van der Waals surface area (Å²) < 4.78 is 32.1. The first-order valence-electron chi connectivity index (χ1n) is 16.3. The molecular formula is C41H36N2O7S. The van der Waals surface area contributed by atoms with Crippen molar-refractivity contribution in [2.75, 3.05) is 0 Å². The van der Waals surface area contributed by atoms with Crippen molar-refractivity contribution in [1.29, 1.82) is 5.39 Å². The largest absolute Gasteiger partial charge is 0.867 e. The summed E-state index contributed by atoms with van der Waals surface area (Å²) in [5.41, 5.74) is 8.67. The van der Waals surface area contributed by atoms with E-state index in [4.69, 9.17) is 9.58 Å². The summed E-state index contributed by atoms with van der Waals surface area (Å²) in [6, 6.07) is 24.4. The molecule has 10 heteroatoms. The van der Waals surface area contributed by atoms with Gasteiger partial charge in [0, 0.05) is 35.4 Å². The van der Waals surface area contributed by atoms with Crippen LogP contribution in [0.4, 0.5) is 5.69 Å².